The Morgan fingerprint density at radius 2 is 1.71 bits per heavy atom. The number of aromatic nitrogens is 3. The minimum absolute atomic E-state index is 0.0288. The number of esters is 1. The molecule has 15 heteroatoms. The van der Waals surface area contributed by atoms with Crippen LogP contribution < -0.4 is 26.9 Å². The Kier molecular flexibility index (Phi) is 11.5. The van der Waals surface area contributed by atoms with Crippen molar-refractivity contribution >= 4 is 34.1 Å². The summed E-state index contributed by atoms with van der Waals surface area (Å²) >= 11 is 0. The Bertz CT molecular complexity index is 2090. The van der Waals surface area contributed by atoms with Gasteiger partial charge in [-0.1, -0.05) is 6.07 Å². The van der Waals surface area contributed by atoms with Gasteiger partial charge in [-0.3, -0.25) is 24.0 Å². The average Bonchev–Trinajstić information content (AvgIpc) is 3.96. The van der Waals surface area contributed by atoms with E-state index in [1.54, 1.807) is 9.47 Å². The Balaban J connectivity index is 1.06. The Labute approximate surface area is 298 Å². The van der Waals surface area contributed by atoms with Crippen molar-refractivity contribution < 1.29 is 28.2 Å². The van der Waals surface area contributed by atoms with E-state index < -0.39 is 34.3 Å². The number of hydrogen-bond donors (Lipinski definition) is 3. The summed E-state index contributed by atoms with van der Waals surface area (Å²) in [6, 6.07) is 8.05. The smallest absolute Gasteiger partial charge is 0.343 e. The molecular formula is C37H44F2N6O7. The summed E-state index contributed by atoms with van der Waals surface area (Å²) in [7, 11) is 0. The summed E-state index contributed by atoms with van der Waals surface area (Å²) < 4.78 is 44.9. The number of carbonyl (C=O) groups excluding carboxylic acids is 1. The van der Waals surface area contributed by atoms with Gasteiger partial charge < -0.3 is 29.4 Å². The molecule has 13 nitrogen and oxygen atoms in total. The molecule has 2 fully saturated rings. The molecular weight excluding hydrogens is 678 g/mol. The second kappa shape index (κ2) is 16.2. The molecule has 3 heterocycles. The minimum Gasteiger partial charge on any atom is -0.459 e. The molecule has 0 spiro atoms. The topological polar surface area (TPSA) is 151 Å². The van der Waals surface area contributed by atoms with Crippen molar-refractivity contribution in [3.05, 3.63) is 95.9 Å². The van der Waals surface area contributed by atoms with E-state index >= 15 is 8.78 Å². The fraction of sp³-hybridized carbons (Fsp3) is 0.459. The molecule has 0 unspecified atom stereocenters. The molecule has 0 bridgehead atoms. The number of anilines is 3. The average molecular weight is 723 g/mol. The number of nitrogens with one attached hydrogen (secondary N) is 2. The lowest BCUT2D eigenvalue weighted by atomic mass is 10.1. The fourth-order valence-corrected chi connectivity index (χ4v) is 6.52. The lowest BCUT2D eigenvalue weighted by Crippen LogP contribution is -2.47. The fourth-order valence-electron chi connectivity index (χ4n) is 6.52. The molecule has 1 aliphatic heterocycles. The maximum absolute atomic E-state index is 16.3. The number of aryl methyl sites for hydroxylation is 2. The zero-order valence-electron chi connectivity index (χ0n) is 29.4. The van der Waals surface area contributed by atoms with Gasteiger partial charge in [-0.05, 0) is 75.4 Å². The van der Waals surface area contributed by atoms with Gasteiger partial charge in [-0.15, -0.1) is 0 Å². The van der Waals surface area contributed by atoms with Gasteiger partial charge in [0.25, 0.3) is 5.56 Å². The van der Waals surface area contributed by atoms with Crippen molar-refractivity contribution in [2.45, 2.75) is 52.1 Å². The number of rotatable bonds is 15. The lowest BCUT2D eigenvalue weighted by Gasteiger charge is -2.36. The number of ether oxygens (including phenoxy) is 2. The van der Waals surface area contributed by atoms with Crippen molar-refractivity contribution in [3.63, 3.8) is 0 Å². The summed E-state index contributed by atoms with van der Waals surface area (Å²) in [6.45, 7) is 6.50. The monoisotopic (exact) mass is 722 g/mol. The maximum Gasteiger partial charge on any atom is 0.343 e. The van der Waals surface area contributed by atoms with Gasteiger partial charge in [0.05, 0.1) is 30.7 Å². The van der Waals surface area contributed by atoms with Crippen LogP contribution in [0.25, 0.3) is 10.9 Å². The molecule has 2 aromatic carbocycles. The maximum atomic E-state index is 16.3. The van der Waals surface area contributed by atoms with Gasteiger partial charge in [0.15, 0.2) is 5.82 Å². The number of piperazine rings is 1. The van der Waals surface area contributed by atoms with E-state index in [1.807, 2.05) is 32.0 Å². The molecule has 2 aromatic heterocycles. The summed E-state index contributed by atoms with van der Waals surface area (Å²) in [4.78, 5) is 58.1. The Morgan fingerprint density at radius 3 is 2.40 bits per heavy atom. The first-order chi connectivity index (χ1) is 25.0. The van der Waals surface area contributed by atoms with Crippen LogP contribution in [-0.2, 0) is 16.0 Å². The number of H-pyrrole nitrogens is 1. The zero-order chi connectivity index (χ0) is 36.9. The molecule has 2 aliphatic rings. The van der Waals surface area contributed by atoms with Crippen LogP contribution in [0.1, 0.15) is 53.2 Å². The molecule has 3 N–H and O–H groups in total. The predicted octanol–water partition coefficient (Wildman–Crippen LogP) is 3.59. The van der Waals surface area contributed by atoms with Crippen LogP contribution in [-0.4, -0.2) is 89.2 Å². The van der Waals surface area contributed by atoms with Gasteiger partial charge >= 0.3 is 11.7 Å². The number of aromatic amines is 1. The summed E-state index contributed by atoms with van der Waals surface area (Å²) in [5.41, 5.74) is 0.762. The number of aliphatic hydroxyl groups is 1. The highest BCUT2D eigenvalue weighted by Crippen LogP contribution is 2.40. The highest BCUT2D eigenvalue weighted by Gasteiger charge is 2.32. The SMILES string of the molecule is Cc1ccc(Nc2cc(=O)n(CCCCN3CCN(c4c(F)cc5c(=O)c(C(=O)OCCOCCO)cn(C6CC6)c5c4F)CC3)c(=O)[nH]2)cc1C. The van der Waals surface area contributed by atoms with Gasteiger partial charge in [0, 0.05) is 56.7 Å². The van der Waals surface area contributed by atoms with E-state index in [9.17, 15) is 19.2 Å². The van der Waals surface area contributed by atoms with Crippen molar-refractivity contribution in [3.8, 4) is 0 Å². The van der Waals surface area contributed by atoms with Crippen molar-refractivity contribution in [2.75, 3.05) is 69.4 Å². The number of fused-ring (bicyclic) bond motifs is 1. The van der Waals surface area contributed by atoms with E-state index in [0.717, 1.165) is 35.7 Å². The number of carbonyl (C=O) groups is 1. The summed E-state index contributed by atoms with van der Waals surface area (Å²) in [6.07, 6.45) is 4.06. The molecule has 1 aliphatic carbocycles. The number of pyridine rings is 1. The number of halogens is 2. The zero-order valence-corrected chi connectivity index (χ0v) is 29.4. The van der Waals surface area contributed by atoms with E-state index in [4.69, 9.17) is 14.6 Å². The number of hydrogen-bond acceptors (Lipinski definition) is 10. The van der Waals surface area contributed by atoms with Crippen LogP contribution in [0.3, 0.4) is 0 Å². The molecule has 4 aromatic rings. The summed E-state index contributed by atoms with van der Waals surface area (Å²) in [5, 5.41) is 11.7. The quantitative estimate of drug-likeness (QED) is 0.123. The van der Waals surface area contributed by atoms with Gasteiger partial charge in [0.1, 0.15) is 29.5 Å². The molecule has 1 saturated carbocycles. The molecule has 1 saturated heterocycles. The van der Waals surface area contributed by atoms with Crippen LogP contribution in [0.2, 0.25) is 0 Å². The first-order valence-electron chi connectivity index (χ1n) is 17.6. The second-order valence-corrected chi connectivity index (χ2v) is 13.3. The number of nitrogens with zero attached hydrogens (tertiary/aromatic N) is 4. The van der Waals surface area contributed by atoms with E-state index in [2.05, 4.69) is 15.2 Å². The highest BCUT2D eigenvalue weighted by atomic mass is 19.1. The molecule has 0 radical (unpaired) electrons. The van der Waals surface area contributed by atoms with Crippen molar-refractivity contribution in [1.82, 2.24) is 19.0 Å². The van der Waals surface area contributed by atoms with Gasteiger partial charge in [-0.25, -0.2) is 18.4 Å². The standard InChI is InChI=1S/C37H44F2N6O7/c1-23-5-6-25(19-24(23)2)40-30-21-31(47)44(37(50)41-30)10-4-3-9-42-11-13-43(14-12-42)34-29(38)20-27-33(32(34)39)45(26-7-8-26)22-28(35(27)48)36(49)52-18-17-51-16-15-46/h5-6,19-22,26,40,46H,3-4,7-18H2,1-2H3,(H,41,50). The van der Waals surface area contributed by atoms with Gasteiger partial charge in [0.2, 0.25) is 5.43 Å². The van der Waals surface area contributed by atoms with Crippen molar-refractivity contribution in [2.24, 2.45) is 0 Å². The highest BCUT2D eigenvalue weighted by molar-refractivity contribution is 5.95. The Morgan fingerprint density at radius 1 is 0.962 bits per heavy atom. The first-order valence-corrected chi connectivity index (χ1v) is 17.6. The van der Waals surface area contributed by atoms with E-state index in [1.165, 1.54) is 16.8 Å². The molecule has 0 amide bonds. The van der Waals surface area contributed by atoms with Crippen molar-refractivity contribution in [1.29, 1.82) is 0 Å². The third-order valence-corrected chi connectivity index (χ3v) is 9.64. The number of benzene rings is 2. The van der Waals surface area contributed by atoms with Crippen LogP contribution in [0.4, 0.5) is 26.0 Å². The van der Waals surface area contributed by atoms with Crippen LogP contribution >= 0.6 is 0 Å². The normalized spacial score (nSPS) is 15.0. The van der Waals surface area contributed by atoms with Crippen LogP contribution in [0, 0.1) is 25.5 Å². The van der Waals surface area contributed by atoms with E-state index in [-0.39, 0.29) is 61.2 Å². The third-order valence-electron chi connectivity index (χ3n) is 9.64. The number of unbranched alkanes of at least 4 members (excludes halogenated alkanes) is 1. The summed E-state index contributed by atoms with van der Waals surface area (Å²) in [5.74, 6) is -2.31. The Hall–Kier alpha value is -4.86. The van der Waals surface area contributed by atoms with Gasteiger partial charge in [-0.2, -0.15) is 0 Å². The first kappa shape index (κ1) is 36.9. The second-order valence-electron chi connectivity index (χ2n) is 13.3. The third kappa shape index (κ3) is 8.27. The minimum atomic E-state index is -0.909. The molecule has 278 valence electrons. The van der Waals surface area contributed by atoms with Crippen LogP contribution in [0.5, 0.6) is 0 Å². The molecule has 6 rings (SSSR count). The molecule has 52 heavy (non-hydrogen) atoms. The number of aliphatic hydroxyl groups excluding tert-OH is 1. The lowest BCUT2D eigenvalue weighted by molar-refractivity contribution is 0.0256. The molecule has 0 atom stereocenters. The van der Waals surface area contributed by atoms with Crippen LogP contribution in [0.15, 0.2) is 50.9 Å². The largest absolute Gasteiger partial charge is 0.459 e. The van der Waals surface area contributed by atoms with E-state index in [0.29, 0.717) is 51.4 Å². The predicted molar refractivity (Wildman–Crippen MR) is 193 cm³/mol.